The molecule has 13 nitrogen and oxygen atoms in total. The van der Waals surface area contributed by atoms with Crippen LogP contribution in [0.4, 0.5) is 5.82 Å². The average Bonchev–Trinajstić information content (AvgIpc) is 3.48. The predicted molar refractivity (Wildman–Crippen MR) is 161 cm³/mol. The summed E-state index contributed by atoms with van der Waals surface area (Å²) in [6.07, 6.45) is 0.792. The molecule has 3 aromatic rings. The molecule has 2 heterocycles. The van der Waals surface area contributed by atoms with Crippen molar-refractivity contribution >= 4 is 37.1 Å². The largest absolute Gasteiger partial charge is 0.460 e. The third kappa shape index (κ3) is 9.48. The van der Waals surface area contributed by atoms with Crippen molar-refractivity contribution in [1.82, 2.24) is 19.7 Å². The summed E-state index contributed by atoms with van der Waals surface area (Å²) in [5, 5.41) is 17.3. The van der Waals surface area contributed by atoms with Crippen LogP contribution in [-0.4, -0.2) is 56.5 Å². The summed E-state index contributed by atoms with van der Waals surface area (Å²) in [5.74, 6) is -1.02. The standard InChI is InChI=1S/C28H34N5O8PS/c1-19(26(35)39-16-21-9-5-3-6-10-21)30-42(38,31-20(2)27(36)40-17-22-11-7-4-8-12-22)32-23-13-14-33(28(37)29-23)24-18-43-25(15-34)41-24/h3-14,19-20,24-25,34H,15-18H2,1-2H3,(H3,29,30,31,32,37,38)/t19-,20-,24-,25+/m0/s1. The number of carbonyl (C=O) groups is 2. The van der Waals surface area contributed by atoms with Crippen LogP contribution in [0, 0.1) is 0 Å². The van der Waals surface area contributed by atoms with Gasteiger partial charge in [0.2, 0.25) is 0 Å². The van der Waals surface area contributed by atoms with Crippen LogP contribution in [0.3, 0.4) is 0 Å². The van der Waals surface area contributed by atoms with Crippen LogP contribution in [0.15, 0.2) is 77.7 Å². The van der Waals surface area contributed by atoms with E-state index < -0.39 is 49.0 Å². The molecule has 2 aromatic carbocycles. The van der Waals surface area contributed by atoms with E-state index >= 15 is 0 Å². The molecule has 4 N–H and O–H groups in total. The minimum atomic E-state index is -4.06. The van der Waals surface area contributed by atoms with Gasteiger partial charge in [-0.15, -0.1) is 11.8 Å². The second-order valence-corrected chi connectivity index (χ2v) is 12.8. The van der Waals surface area contributed by atoms with E-state index in [-0.39, 0.29) is 25.6 Å². The van der Waals surface area contributed by atoms with Crippen molar-refractivity contribution < 1.29 is 33.5 Å². The number of rotatable bonds is 14. The molecule has 15 heteroatoms. The molecule has 4 rings (SSSR count). The summed E-state index contributed by atoms with van der Waals surface area (Å²) in [6.45, 7) is 2.75. The first-order chi connectivity index (χ1) is 20.7. The number of aliphatic hydroxyl groups is 1. The molecule has 0 bridgehead atoms. The van der Waals surface area contributed by atoms with E-state index in [9.17, 15) is 24.1 Å². The maximum Gasteiger partial charge on any atom is 0.351 e. The number of thioether (sulfide) groups is 1. The molecule has 0 radical (unpaired) electrons. The molecule has 0 unspecified atom stereocenters. The Balaban J connectivity index is 1.47. The van der Waals surface area contributed by atoms with E-state index in [0.717, 1.165) is 11.1 Å². The average molecular weight is 632 g/mol. The van der Waals surface area contributed by atoms with E-state index in [1.807, 2.05) is 36.4 Å². The maximum absolute atomic E-state index is 14.1. The summed E-state index contributed by atoms with van der Waals surface area (Å²) < 4.78 is 31.7. The Kier molecular flexibility index (Phi) is 11.5. The predicted octanol–water partition coefficient (Wildman–Crippen LogP) is 2.79. The molecule has 43 heavy (non-hydrogen) atoms. The summed E-state index contributed by atoms with van der Waals surface area (Å²) in [5.41, 5.74) is 0.412. The Bertz CT molecular complexity index is 1410. The lowest BCUT2D eigenvalue weighted by molar-refractivity contribution is -0.147. The fourth-order valence-corrected chi connectivity index (χ4v) is 6.88. The summed E-state index contributed by atoms with van der Waals surface area (Å²) in [6, 6.07) is 17.4. The number of carbonyl (C=O) groups excluding carboxylic acids is 2. The van der Waals surface area contributed by atoms with Gasteiger partial charge in [-0.2, -0.15) is 4.98 Å². The van der Waals surface area contributed by atoms with Gasteiger partial charge >= 0.3 is 25.2 Å². The first-order valence-corrected chi connectivity index (χ1v) is 16.2. The number of hydrogen-bond donors (Lipinski definition) is 4. The van der Waals surface area contributed by atoms with Gasteiger partial charge < -0.3 is 19.3 Å². The van der Waals surface area contributed by atoms with Crippen molar-refractivity contribution in [2.45, 2.75) is 50.8 Å². The van der Waals surface area contributed by atoms with E-state index in [2.05, 4.69) is 20.2 Å². The molecule has 4 atom stereocenters. The van der Waals surface area contributed by atoms with Crippen LogP contribution >= 0.6 is 19.4 Å². The molecule has 0 aliphatic carbocycles. The Labute approximate surface area is 252 Å². The number of nitrogens with zero attached hydrogens (tertiary/aromatic N) is 2. The number of nitrogens with one attached hydrogen (secondary N) is 3. The van der Waals surface area contributed by atoms with Crippen molar-refractivity contribution in [1.29, 1.82) is 0 Å². The van der Waals surface area contributed by atoms with Crippen molar-refractivity contribution in [2.24, 2.45) is 0 Å². The molecule has 230 valence electrons. The van der Waals surface area contributed by atoms with Gasteiger partial charge in [-0.1, -0.05) is 60.7 Å². The topological polar surface area (TPSA) is 170 Å². The van der Waals surface area contributed by atoms with Crippen molar-refractivity contribution in [2.75, 3.05) is 17.4 Å². The zero-order valence-electron chi connectivity index (χ0n) is 23.6. The highest BCUT2D eigenvalue weighted by Crippen LogP contribution is 2.38. The molecule has 1 fully saturated rings. The Morgan fingerprint density at radius 3 is 2.00 bits per heavy atom. The second-order valence-electron chi connectivity index (χ2n) is 9.65. The highest BCUT2D eigenvalue weighted by Gasteiger charge is 2.33. The lowest BCUT2D eigenvalue weighted by atomic mass is 10.2. The van der Waals surface area contributed by atoms with E-state index in [1.165, 1.54) is 42.4 Å². The first-order valence-electron chi connectivity index (χ1n) is 13.5. The molecule has 0 spiro atoms. The van der Waals surface area contributed by atoms with Gasteiger partial charge in [0.15, 0.2) is 0 Å². The van der Waals surface area contributed by atoms with Gasteiger partial charge in [-0.05, 0) is 31.0 Å². The Morgan fingerprint density at radius 2 is 1.53 bits per heavy atom. The van der Waals surface area contributed by atoms with Crippen LogP contribution < -0.4 is 21.0 Å². The second kappa shape index (κ2) is 15.3. The third-order valence-corrected chi connectivity index (χ3v) is 9.36. The minimum Gasteiger partial charge on any atom is -0.460 e. The lowest BCUT2D eigenvalue weighted by Gasteiger charge is -2.27. The summed E-state index contributed by atoms with van der Waals surface area (Å²) in [7, 11) is -4.06. The number of ether oxygens (including phenoxy) is 3. The van der Waals surface area contributed by atoms with Crippen molar-refractivity contribution in [3.8, 4) is 0 Å². The fourth-order valence-electron chi connectivity index (χ4n) is 4.00. The van der Waals surface area contributed by atoms with Gasteiger partial charge in [0, 0.05) is 11.9 Å². The highest BCUT2D eigenvalue weighted by molar-refractivity contribution is 8.00. The monoisotopic (exact) mass is 631 g/mol. The number of anilines is 1. The summed E-state index contributed by atoms with van der Waals surface area (Å²) in [4.78, 5) is 42.3. The van der Waals surface area contributed by atoms with Gasteiger partial charge in [0.25, 0.3) is 0 Å². The van der Waals surface area contributed by atoms with Gasteiger partial charge in [0.1, 0.15) is 42.8 Å². The van der Waals surface area contributed by atoms with E-state index in [1.54, 1.807) is 24.3 Å². The Hall–Kier alpha value is -3.52. The third-order valence-electron chi connectivity index (χ3n) is 6.20. The minimum absolute atomic E-state index is 0.0114. The molecule has 1 aromatic heterocycles. The molecular formula is C28H34N5O8PS. The van der Waals surface area contributed by atoms with Crippen molar-refractivity contribution in [3.63, 3.8) is 0 Å². The van der Waals surface area contributed by atoms with Crippen LogP contribution in [0.1, 0.15) is 31.2 Å². The van der Waals surface area contributed by atoms with Gasteiger partial charge in [0.05, 0.1) is 6.61 Å². The Morgan fingerprint density at radius 1 is 1.00 bits per heavy atom. The molecule has 1 aliphatic rings. The quantitative estimate of drug-likeness (QED) is 0.151. The summed E-state index contributed by atoms with van der Waals surface area (Å²) >= 11 is 1.36. The fraction of sp³-hybridized carbons (Fsp3) is 0.357. The van der Waals surface area contributed by atoms with E-state index in [4.69, 9.17) is 14.2 Å². The van der Waals surface area contributed by atoms with Crippen LogP contribution in [-0.2, 0) is 41.6 Å². The molecular weight excluding hydrogens is 597 g/mol. The number of esters is 2. The smallest absolute Gasteiger partial charge is 0.351 e. The normalized spacial score (nSPS) is 18.0. The lowest BCUT2D eigenvalue weighted by Crippen LogP contribution is -2.44. The SMILES string of the molecule is C[C@H](NP(=O)(Nc1ccn([C@@H]2CS[C@H](CO)O2)c(=O)n1)N[C@@H](C)C(=O)OCc1ccccc1)C(=O)OCc1ccccc1. The zero-order chi connectivity index (χ0) is 30.8. The number of benzene rings is 2. The molecule has 0 amide bonds. The van der Waals surface area contributed by atoms with Crippen LogP contribution in [0.25, 0.3) is 0 Å². The van der Waals surface area contributed by atoms with Gasteiger partial charge in [-0.3, -0.25) is 23.8 Å². The molecule has 0 saturated carbocycles. The maximum atomic E-state index is 14.1. The number of aliphatic hydroxyl groups excluding tert-OH is 1. The molecule has 1 saturated heterocycles. The zero-order valence-corrected chi connectivity index (χ0v) is 25.3. The number of aromatic nitrogens is 2. The highest BCUT2D eigenvalue weighted by atomic mass is 32.2. The van der Waals surface area contributed by atoms with Crippen molar-refractivity contribution in [3.05, 3.63) is 94.5 Å². The number of hydrogen-bond acceptors (Lipinski definition) is 10. The van der Waals surface area contributed by atoms with Crippen LogP contribution in [0.2, 0.25) is 0 Å². The first kappa shape index (κ1) is 32.4. The van der Waals surface area contributed by atoms with E-state index in [0.29, 0.717) is 5.75 Å². The molecule has 1 aliphatic heterocycles. The van der Waals surface area contributed by atoms with Crippen LogP contribution in [0.5, 0.6) is 0 Å². The van der Waals surface area contributed by atoms with Gasteiger partial charge in [-0.25, -0.2) is 15.0 Å².